The summed E-state index contributed by atoms with van der Waals surface area (Å²) in [6.45, 7) is 0.850. The van der Waals surface area contributed by atoms with Crippen molar-refractivity contribution in [2.45, 2.75) is 0 Å². The molecule has 1 aromatic carbocycles. The highest BCUT2D eigenvalue weighted by Crippen LogP contribution is 2.17. The molecule has 0 radical (unpaired) electrons. The van der Waals surface area contributed by atoms with Crippen LogP contribution in [0.3, 0.4) is 0 Å². The van der Waals surface area contributed by atoms with E-state index in [9.17, 15) is 12.8 Å². The third-order valence-electron chi connectivity index (χ3n) is 2.87. The number of hydrogen-bond acceptors (Lipinski definition) is 5. The summed E-state index contributed by atoms with van der Waals surface area (Å²) >= 11 is 0. The Morgan fingerprint density at radius 3 is 2.77 bits per heavy atom. The van der Waals surface area contributed by atoms with Gasteiger partial charge in [-0.05, 0) is 12.1 Å². The highest BCUT2D eigenvalue weighted by atomic mass is 32.2. The molecule has 0 bridgehead atoms. The first-order valence-corrected chi connectivity index (χ1v) is 7.98. The van der Waals surface area contributed by atoms with Crippen LogP contribution in [0.2, 0.25) is 0 Å². The first-order valence-electron chi connectivity index (χ1n) is 6.54. The normalized spacial score (nSPS) is 11.4. The van der Waals surface area contributed by atoms with E-state index in [-0.39, 0.29) is 25.2 Å². The van der Waals surface area contributed by atoms with Crippen molar-refractivity contribution in [1.29, 1.82) is 5.26 Å². The molecular formula is C13H19FN4O3S. The van der Waals surface area contributed by atoms with Gasteiger partial charge >= 0.3 is 0 Å². The number of methoxy groups -OCH3 is 1. The van der Waals surface area contributed by atoms with E-state index in [1.165, 1.54) is 26.3 Å². The van der Waals surface area contributed by atoms with Crippen LogP contribution in [0.4, 0.5) is 10.1 Å². The van der Waals surface area contributed by atoms with Crippen molar-refractivity contribution in [1.82, 2.24) is 9.03 Å². The SMILES string of the molecule is COCCN(C)S(=O)(=O)NCCNc1cccc(F)c1C#N. The second-order valence-electron chi connectivity index (χ2n) is 4.41. The molecule has 1 aromatic rings. The molecule has 0 fully saturated rings. The van der Waals surface area contributed by atoms with Gasteiger partial charge in [0.15, 0.2) is 0 Å². The zero-order valence-electron chi connectivity index (χ0n) is 12.5. The molecule has 0 saturated heterocycles. The number of halogens is 1. The minimum absolute atomic E-state index is 0.0948. The third-order valence-corrected chi connectivity index (χ3v) is 4.44. The van der Waals surface area contributed by atoms with Crippen LogP contribution in [0, 0.1) is 17.1 Å². The molecule has 0 saturated carbocycles. The van der Waals surface area contributed by atoms with Crippen molar-refractivity contribution in [3.8, 4) is 6.07 Å². The number of nitrogens with one attached hydrogen (secondary N) is 2. The first-order chi connectivity index (χ1) is 10.4. The summed E-state index contributed by atoms with van der Waals surface area (Å²) in [5, 5.41) is 11.7. The molecule has 9 heteroatoms. The molecule has 0 aliphatic heterocycles. The monoisotopic (exact) mass is 330 g/mol. The summed E-state index contributed by atoms with van der Waals surface area (Å²) in [5.74, 6) is -0.618. The fourth-order valence-electron chi connectivity index (χ4n) is 1.61. The van der Waals surface area contributed by atoms with Gasteiger partial charge < -0.3 is 10.1 Å². The summed E-state index contributed by atoms with van der Waals surface area (Å²) in [4.78, 5) is 0. The molecule has 0 aliphatic carbocycles. The lowest BCUT2D eigenvalue weighted by atomic mass is 10.2. The number of nitriles is 1. The fraction of sp³-hybridized carbons (Fsp3) is 0.462. The Hall–Kier alpha value is -1.73. The van der Waals surface area contributed by atoms with Gasteiger partial charge in [-0.15, -0.1) is 0 Å². The van der Waals surface area contributed by atoms with Gasteiger partial charge in [0.25, 0.3) is 10.2 Å². The highest BCUT2D eigenvalue weighted by molar-refractivity contribution is 7.87. The van der Waals surface area contributed by atoms with Crippen LogP contribution in [-0.2, 0) is 14.9 Å². The van der Waals surface area contributed by atoms with Gasteiger partial charge in [0.05, 0.1) is 12.3 Å². The van der Waals surface area contributed by atoms with Gasteiger partial charge in [-0.1, -0.05) is 6.07 Å². The van der Waals surface area contributed by atoms with Crippen molar-refractivity contribution in [2.75, 3.05) is 45.7 Å². The number of benzene rings is 1. The standard InChI is InChI=1S/C13H19FN4O3S/c1-18(8-9-21-2)22(19,20)17-7-6-16-13-5-3-4-12(14)11(13)10-15/h3-5,16-17H,6-9H2,1-2H3. The van der Waals surface area contributed by atoms with Crippen molar-refractivity contribution in [2.24, 2.45) is 0 Å². The maximum absolute atomic E-state index is 13.4. The number of hydrogen-bond donors (Lipinski definition) is 2. The van der Waals surface area contributed by atoms with Crippen molar-refractivity contribution in [3.63, 3.8) is 0 Å². The van der Waals surface area contributed by atoms with Crippen LogP contribution in [0.15, 0.2) is 18.2 Å². The van der Waals surface area contributed by atoms with E-state index < -0.39 is 16.0 Å². The zero-order valence-corrected chi connectivity index (χ0v) is 13.3. The lowest BCUT2D eigenvalue weighted by Gasteiger charge is -2.17. The van der Waals surface area contributed by atoms with Crippen molar-refractivity contribution < 1.29 is 17.5 Å². The topological polar surface area (TPSA) is 94.5 Å². The number of likely N-dealkylation sites (N-methyl/N-ethyl adjacent to an activating group) is 1. The van der Waals surface area contributed by atoms with Gasteiger partial charge in [-0.2, -0.15) is 18.0 Å². The number of nitrogens with zero attached hydrogens (tertiary/aromatic N) is 2. The van der Waals surface area contributed by atoms with Crippen LogP contribution in [-0.4, -0.2) is 53.1 Å². The molecule has 7 nitrogen and oxygen atoms in total. The van der Waals surface area contributed by atoms with Gasteiger partial charge in [0.2, 0.25) is 0 Å². The molecule has 0 aromatic heterocycles. The Bertz CT molecular complexity index is 631. The van der Waals surface area contributed by atoms with Gasteiger partial charge in [0.1, 0.15) is 17.4 Å². The Morgan fingerprint density at radius 2 is 2.14 bits per heavy atom. The Morgan fingerprint density at radius 1 is 1.41 bits per heavy atom. The average Bonchev–Trinajstić information content (AvgIpc) is 2.49. The van der Waals surface area contributed by atoms with Crippen LogP contribution < -0.4 is 10.0 Å². The molecule has 0 atom stereocenters. The molecule has 122 valence electrons. The summed E-state index contributed by atoms with van der Waals surface area (Å²) in [5.41, 5.74) is 0.233. The molecule has 22 heavy (non-hydrogen) atoms. The van der Waals surface area contributed by atoms with Crippen LogP contribution in [0.25, 0.3) is 0 Å². The van der Waals surface area contributed by atoms with Gasteiger partial charge in [-0.3, -0.25) is 0 Å². The van der Waals surface area contributed by atoms with E-state index in [2.05, 4.69) is 10.0 Å². The van der Waals surface area contributed by atoms with Gasteiger partial charge in [-0.25, -0.2) is 9.11 Å². The molecule has 0 heterocycles. The lowest BCUT2D eigenvalue weighted by molar-refractivity contribution is 0.184. The first kappa shape index (κ1) is 18.3. The largest absolute Gasteiger partial charge is 0.383 e. The second kappa shape index (κ2) is 8.65. The predicted octanol–water partition coefficient (Wildman–Crippen LogP) is 0.522. The van der Waals surface area contributed by atoms with Crippen molar-refractivity contribution >= 4 is 15.9 Å². The molecule has 0 spiro atoms. The molecule has 0 aliphatic rings. The fourth-order valence-corrected chi connectivity index (χ4v) is 2.51. The minimum atomic E-state index is -3.59. The Kier molecular flexibility index (Phi) is 7.20. The summed E-state index contributed by atoms with van der Waals surface area (Å²) < 4.78 is 45.4. The van der Waals surface area contributed by atoms with E-state index in [4.69, 9.17) is 10.00 Å². The summed E-state index contributed by atoms with van der Waals surface area (Å²) in [7, 11) is -0.657. The maximum Gasteiger partial charge on any atom is 0.279 e. The van der Waals surface area contributed by atoms with E-state index in [0.717, 1.165) is 4.31 Å². The Labute approximate surface area is 129 Å². The van der Waals surface area contributed by atoms with Crippen molar-refractivity contribution in [3.05, 3.63) is 29.6 Å². The quantitative estimate of drug-likeness (QED) is 0.644. The van der Waals surface area contributed by atoms with Crippen LogP contribution >= 0.6 is 0 Å². The number of ether oxygens (including phenoxy) is 1. The molecular weight excluding hydrogens is 311 g/mol. The maximum atomic E-state index is 13.4. The van der Waals surface area contributed by atoms with E-state index in [1.807, 2.05) is 0 Å². The zero-order chi connectivity index (χ0) is 16.6. The minimum Gasteiger partial charge on any atom is -0.383 e. The van der Waals surface area contributed by atoms with E-state index in [0.29, 0.717) is 12.3 Å². The van der Waals surface area contributed by atoms with Crippen LogP contribution in [0.1, 0.15) is 5.56 Å². The number of rotatable bonds is 9. The lowest BCUT2D eigenvalue weighted by Crippen LogP contribution is -2.41. The number of anilines is 1. The third kappa shape index (κ3) is 5.23. The second-order valence-corrected chi connectivity index (χ2v) is 6.28. The molecule has 0 unspecified atom stereocenters. The highest BCUT2D eigenvalue weighted by Gasteiger charge is 2.16. The Balaban J connectivity index is 2.49. The predicted molar refractivity (Wildman–Crippen MR) is 81.0 cm³/mol. The summed E-state index contributed by atoms with van der Waals surface area (Å²) in [6, 6.07) is 5.99. The smallest absolute Gasteiger partial charge is 0.279 e. The molecule has 0 amide bonds. The average molecular weight is 330 g/mol. The molecule has 1 rings (SSSR count). The summed E-state index contributed by atoms with van der Waals surface area (Å²) in [6.07, 6.45) is 0. The van der Waals surface area contributed by atoms with E-state index >= 15 is 0 Å². The van der Waals surface area contributed by atoms with Gasteiger partial charge in [0, 0.05) is 33.8 Å². The molecule has 2 N–H and O–H groups in total. The van der Waals surface area contributed by atoms with Crippen LogP contribution in [0.5, 0.6) is 0 Å². The van der Waals surface area contributed by atoms with E-state index in [1.54, 1.807) is 12.1 Å².